The van der Waals surface area contributed by atoms with Crippen molar-refractivity contribution in [2.24, 2.45) is 0 Å². The first-order valence-corrected chi connectivity index (χ1v) is 7.26. The molecule has 1 fully saturated rings. The van der Waals surface area contributed by atoms with Gasteiger partial charge in [-0.05, 0) is 19.1 Å². The van der Waals surface area contributed by atoms with Crippen LogP contribution >= 0.6 is 0 Å². The zero-order chi connectivity index (χ0) is 16.4. The molecule has 3 heterocycles. The number of aromatic nitrogens is 2. The van der Waals surface area contributed by atoms with Gasteiger partial charge in [0.2, 0.25) is 0 Å². The van der Waals surface area contributed by atoms with Crippen LogP contribution in [0.3, 0.4) is 0 Å². The van der Waals surface area contributed by atoms with Crippen molar-refractivity contribution in [3.8, 4) is 11.5 Å². The highest BCUT2D eigenvalue weighted by Crippen LogP contribution is 2.23. The summed E-state index contributed by atoms with van der Waals surface area (Å²) < 4.78 is 10.6. The van der Waals surface area contributed by atoms with E-state index in [9.17, 15) is 14.7 Å². The smallest absolute Gasteiger partial charge is 0.329 e. The number of ether oxygens (including phenoxy) is 1. The van der Waals surface area contributed by atoms with E-state index in [0.717, 1.165) is 5.76 Å². The Morgan fingerprint density at radius 3 is 2.70 bits per heavy atom. The number of H-pyrrole nitrogens is 1. The maximum atomic E-state index is 12.3. The number of rotatable bonds is 4. The number of nitrogens with one attached hydrogen (secondary N) is 2. The number of carboxylic acid groups (broad SMARTS) is 1. The summed E-state index contributed by atoms with van der Waals surface area (Å²) >= 11 is 0. The van der Waals surface area contributed by atoms with E-state index in [0.29, 0.717) is 24.7 Å². The second kappa shape index (κ2) is 5.88. The third-order valence-corrected chi connectivity index (χ3v) is 3.92. The van der Waals surface area contributed by atoms with Crippen LogP contribution in [0.4, 0.5) is 0 Å². The molecule has 1 saturated heterocycles. The summed E-state index contributed by atoms with van der Waals surface area (Å²) in [4.78, 5) is 23.9. The van der Waals surface area contributed by atoms with Crippen molar-refractivity contribution in [1.82, 2.24) is 15.5 Å². The van der Waals surface area contributed by atoms with Crippen LogP contribution in [0.2, 0.25) is 0 Å². The lowest BCUT2D eigenvalue weighted by atomic mass is 9.90. The molecule has 0 aromatic carbocycles. The quantitative estimate of drug-likeness (QED) is 0.783. The van der Waals surface area contributed by atoms with Gasteiger partial charge in [-0.25, -0.2) is 4.79 Å². The first kappa shape index (κ1) is 15.3. The third kappa shape index (κ3) is 2.98. The van der Waals surface area contributed by atoms with Crippen molar-refractivity contribution in [3.63, 3.8) is 0 Å². The molecule has 0 unspecified atom stereocenters. The fourth-order valence-electron chi connectivity index (χ4n) is 2.54. The van der Waals surface area contributed by atoms with Crippen molar-refractivity contribution in [1.29, 1.82) is 0 Å². The molecule has 0 aliphatic carbocycles. The maximum Gasteiger partial charge on any atom is 0.329 e. The minimum absolute atomic E-state index is 0.112. The Labute approximate surface area is 131 Å². The Morgan fingerprint density at radius 1 is 1.35 bits per heavy atom. The normalized spacial score (nSPS) is 16.9. The summed E-state index contributed by atoms with van der Waals surface area (Å²) in [5.41, 5.74) is -0.642. The minimum Gasteiger partial charge on any atom is -0.480 e. The first-order valence-electron chi connectivity index (χ1n) is 7.26. The highest BCUT2D eigenvalue weighted by atomic mass is 16.5. The van der Waals surface area contributed by atoms with Gasteiger partial charge in [0.25, 0.3) is 5.91 Å². The van der Waals surface area contributed by atoms with Crippen LogP contribution in [0.5, 0.6) is 0 Å². The van der Waals surface area contributed by atoms with Crippen LogP contribution in [0.15, 0.2) is 22.6 Å². The van der Waals surface area contributed by atoms with Crippen LogP contribution in [0.1, 0.15) is 29.1 Å². The molecule has 122 valence electrons. The summed E-state index contributed by atoms with van der Waals surface area (Å²) in [5, 5.41) is 18.7. The van der Waals surface area contributed by atoms with Gasteiger partial charge in [0.1, 0.15) is 17.0 Å². The number of hydrogen-bond donors (Lipinski definition) is 3. The number of carbonyl (C=O) groups is 2. The van der Waals surface area contributed by atoms with Crippen LogP contribution < -0.4 is 5.32 Å². The third-order valence-electron chi connectivity index (χ3n) is 3.92. The summed E-state index contributed by atoms with van der Waals surface area (Å²) in [6, 6.07) is 5.10. The van der Waals surface area contributed by atoms with Gasteiger partial charge in [-0.3, -0.25) is 9.89 Å². The predicted molar refractivity (Wildman–Crippen MR) is 78.9 cm³/mol. The van der Waals surface area contributed by atoms with Gasteiger partial charge in [-0.2, -0.15) is 5.10 Å². The Hall–Kier alpha value is -2.61. The van der Waals surface area contributed by atoms with Crippen LogP contribution in [0.25, 0.3) is 11.5 Å². The zero-order valence-electron chi connectivity index (χ0n) is 12.6. The molecule has 0 radical (unpaired) electrons. The van der Waals surface area contributed by atoms with E-state index in [4.69, 9.17) is 9.15 Å². The number of aromatic amines is 1. The molecule has 23 heavy (non-hydrogen) atoms. The van der Waals surface area contributed by atoms with E-state index >= 15 is 0 Å². The topological polar surface area (TPSA) is 117 Å². The van der Waals surface area contributed by atoms with Gasteiger partial charge in [-0.15, -0.1) is 0 Å². The molecular formula is C15H17N3O5. The Kier molecular flexibility index (Phi) is 3.91. The number of carboxylic acids is 1. The standard InChI is InChI=1S/C15H17N3O5/c1-9-2-3-12(23-9)10-8-11(18-17-10)13(19)16-15(14(20)21)4-6-22-7-5-15/h2-3,8H,4-7H2,1H3,(H,16,19)(H,17,18)(H,20,21). The van der Waals surface area contributed by atoms with Crippen molar-refractivity contribution in [3.05, 3.63) is 29.7 Å². The number of carbonyl (C=O) groups excluding carboxylic acids is 1. The number of hydrogen-bond acceptors (Lipinski definition) is 5. The molecule has 0 saturated carbocycles. The fraction of sp³-hybridized carbons (Fsp3) is 0.400. The molecule has 0 spiro atoms. The highest BCUT2D eigenvalue weighted by Gasteiger charge is 2.42. The first-order chi connectivity index (χ1) is 11.0. The number of aryl methyl sites for hydroxylation is 1. The molecule has 8 nitrogen and oxygen atoms in total. The predicted octanol–water partition coefficient (Wildman–Crippen LogP) is 1.34. The van der Waals surface area contributed by atoms with Crippen LogP contribution in [-0.4, -0.2) is 45.9 Å². The van der Waals surface area contributed by atoms with Gasteiger partial charge in [0.15, 0.2) is 11.5 Å². The van der Waals surface area contributed by atoms with Gasteiger partial charge < -0.3 is 19.6 Å². The van der Waals surface area contributed by atoms with Gasteiger partial charge >= 0.3 is 5.97 Å². The number of nitrogens with zero attached hydrogens (tertiary/aromatic N) is 1. The lowest BCUT2D eigenvalue weighted by Crippen LogP contribution is -2.57. The SMILES string of the molecule is Cc1ccc(-c2cc(C(=O)NC3(C(=O)O)CCOCC3)n[nH]2)o1. The molecule has 3 rings (SSSR count). The monoisotopic (exact) mass is 319 g/mol. The second-order valence-electron chi connectivity index (χ2n) is 5.53. The van der Waals surface area contributed by atoms with E-state index in [1.807, 2.05) is 6.92 Å². The lowest BCUT2D eigenvalue weighted by Gasteiger charge is -2.33. The summed E-state index contributed by atoms with van der Waals surface area (Å²) in [6.07, 6.45) is 0.450. The van der Waals surface area contributed by atoms with Gasteiger partial charge in [0.05, 0.1) is 0 Å². The molecular weight excluding hydrogens is 302 g/mol. The molecule has 3 N–H and O–H groups in total. The lowest BCUT2D eigenvalue weighted by molar-refractivity contribution is -0.148. The Bertz CT molecular complexity index is 727. The van der Waals surface area contributed by atoms with Crippen LogP contribution in [-0.2, 0) is 9.53 Å². The van der Waals surface area contributed by atoms with E-state index in [1.54, 1.807) is 12.1 Å². The number of aliphatic carboxylic acids is 1. The molecule has 2 aromatic heterocycles. The maximum absolute atomic E-state index is 12.3. The molecule has 8 heteroatoms. The van der Waals surface area contributed by atoms with E-state index in [-0.39, 0.29) is 18.5 Å². The van der Waals surface area contributed by atoms with Crippen molar-refractivity contribution < 1.29 is 23.8 Å². The average molecular weight is 319 g/mol. The zero-order valence-corrected chi connectivity index (χ0v) is 12.6. The van der Waals surface area contributed by atoms with Crippen LogP contribution in [0, 0.1) is 6.92 Å². The fourth-order valence-corrected chi connectivity index (χ4v) is 2.54. The Morgan fingerprint density at radius 2 is 2.09 bits per heavy atom. The average Bonchev–Trinajstić information content (AvgIpc) is 3.16. The summed E-state index contributed by atoms with van der Waals surface area (Å²) in [5.74, 6) is -0.299. The molecule has 1 aliphatic heterocycles. The number of amides is 1. The van der Waals surface area contributed by atoms with E-state index in [2.05, 4.69) is 15.5 Å². The summed E-state index contributed by atoms with van der Waals surface area (Å²) in [6.45, 7) is 2.41. The molecule has 0 atom stereocenters. The molecule has 1 amide bonds. The highest BCUT2D eigenvalue weighted by molar-refractivity contribution is 5.97. The Balaban J connectivity index is 1.78. The molecule has 1 aliphatic rings. The van der Waals surface area contributed by atoms with E-state index in [1.165, 1.54) is 6.07 Å². The number of furan rings is 1. The second-order valence-corrected chi connectivity index (χ2v) is 5.53. The van der Waals surface area contributed by atoms with Crippen molar-refractivity contribution in [2.45, 2.75) is 25.3 Å². The molecule has 2 aromatic rings. The molecule has 0 bridgehead atoms. The summed E-state index contributed by atoms with van der Waals surface area (Å²) in [7, 11) is 0. The largest absolute Gasteiger partial charge is 0.480 e. The van der Waals surface area contributed by atoms with E-state index < -0.39 is 17.4 Å². The van der Waals surface area contributed by atoms with Crippen molar-refractivity contribution >= 4 is 11.9 Å². The van der Waals surface area contributed by atoms with Gasteiger partial charge in [0, 0.05) is 32.1 Å². The van der Waals surface area contributed by atoms with Gasteiger partial charge in [-0.1, -0.05) is 0 Å². The minimum atomic E-state index is -1.31. The van der Waals surface area contributed by atoms with Crippen molar-refractivity contribution in [2.75, 3.05) is 13.2 Å².